The van der Waals surface area contributed by atoms with Crippen LogP contribution in [0.15, 0.2) is 54.4 Å². The molecule has 4 rings (SSSR count). The fourth-order valence-electron chi connectivity index (χ4n) is 3.58. The fourth-order valence-corrected chi connectivity index (χ4v) is 3.90. The predicted octanol–water partition coefficient (Wildman–Crippen LogP) is 3.49. The van der Waals surface area contributed by atoms with Gasteiger partial charge in [0.2, 0.25) is 0 Å². The maximum atomic E-state index is 13.9. The van der Waals surface area contributed by atoms with E-state index in [1.165, 1.54) is 11.6 Å². The van der Waals surface area contributed by atoms with Crippen molar-refractivity contribution < 1.29 is 13.5 Å². The Balaban J connectivity index is 1.38. The molecule has 0 fully saturated rings. The zero-order valence-electron chi connectivity index (χ0n) is 15.2. The highest BCUT2D eigenvalue weighted by atomic mass is 32.1. The number of fused-ring (bicyclic) bond motifs is 1. The zero-order chi connectivity index (χ0) is 19.5. The molecule has 2 heterocycles. The summed E-state index contributed by atoms with van der Waals surface area (Å²) >= 11 is 5.39. The molecule has 0 amide bonds. The van der Waals surface area contributed by atoms with Crippen LogP contribution in [0.5, 0.6) is 5.75 Å². The first-order valence-corrected chi connectivity index (χ1v) is 9.61. The third-order valence-corrected chi connectivity index (χ3v) is 5.20. The molecule has 1 radical (unpaired) electrons. The summed E-state index contributed by atoms with van der Waals surface area (Å²) in [6.45, 7) is 1.83. The molecule has 145 valence electrons. The van der Waals surface area contributed by atoms with Crippen molar-refractivity contribution in [1.82, 2.24) is 15.5 Å². The summed E-state index contributed by atoms with van der Waals surface area (Å²) in [4.78, 5) is 1.95. The summed E-state index contributed by atoms with van der Waals surface area (Å²) in [5.74, 6) is -1.13. The quantitative estimate of drug-likeness (QED) is 0.595. The minimum atomic E-state index is -0.664. The van der Waals surface area contributed by atoms with Crippen molar-refractivity contribution in [3.8, 4) is 5.75 Å². The van der Waals surface area contributed by atoms with Crippen molar-refractivity contribution in [2.24, 2.45) is 0 Å². The second kappa shape index (κ2) is 8.24. The number of nitrogens with zero attached hydrogens (tertiary/aromatic N) is 2. The van der Waals surface area contributed by atoms with Gasteiger partial charge in [0.25, 0.3) is 0 Å². The van der Waals surface area contributed by atoms with Crippen LogP contribution >= 0.6 is 12.2 Å². The Hall–Kier alpha value is -2.51. The van der Waals surface area contributed by atoms with E-state index in [4.69, 9.17) is 17.0 Å². The average Bonchev–Trinajstić information content (AvgIpc) is 3.06. The van der Waals surface area contributed by atoms with E-state index in [1.807, 2.05) is 23.1 Å². The van der Waals surface area contributed by atoms with Crippen LogP contribution in [-0.4, -0.2) is 29.2 Å². The Morgan fingerprint density at radius 3 is 2.86 bits per heavy atom. The van der Waals surface area contributed by atoms with Gasteiger partial charge in [-0.3, -0.25) is 0 Å². The monoisotopic (exact) mass is 400 g/mol. The number of benzene rings is 2. The molecule has 0 saturated heterocycles. The Morgan fingerprint density at radius 1 is 1.21 bits per heavy atom. The van der Waals surface area contributed by atoms with Crippen molar-refractivity contribution >= 4 is 17.3 Å². The number of thiocarbonyl (C=S) groups is 1. The number of nitrogens with one attached hydrogen (secondary N) is 1. The molecule has 1 N–H and O–H groups in total. The van der Waals surface area contributed by atoms with Crippen LogP contribution in [0.25, 0.3) is 0 Å². The third kappa shape index (κ3) is 4.00. The topological polar surface area (TPSA) is 38.6 Å². The van der Waals surface area contributed by atoms with E-state index in [1.54, 1.807) is 6.20 Å². The van der Waals surface area contributed by atoms with E-state index in [0.717, 1.165) is 31.3 Å². The van der Waals surface area contributed by atoms with Gasteiger partial charge in [0.1, 0.15) is 12.4 Å². The van der Waals surface area contributed by atoms with Gasteiger partial charge in [-0.1, -0.05) is 30.3 Å². The number of ether oxygens (including phenoxy) is 1. The summed E-state index contributed by atoms with van der Waals surface area (Å²) in [6, 6.07) is 12.2. The first-order valence-electron chi connectivity index (χ1n) is 9.20. The van der Waals surface area contributed by atoms with Gasteiger partial charge in [-0.25, -0.2) is 14.1 Å². The first kappa shape index (κ1) is 18.8. The van der Waals surface area contributed by atoms with Crippen LogP contribution in [0.2, 0.25) is 0 Å². The van der Waals surface area contributed by atoms with Gasteiger partial charge in [-0.2, -0.15) is 0 Å². The second-order valence-corrected chi connectivity index (χ2v) is 7.22. The van der Waals surface area contributed by atoms with E-state index in [0.29, 0.717) is 17.1 Å². The van der Waals surface area contributed by atoms with Crippen LogP contribution in [0.1, 0.15) is 17.5 Å². The highest BCUT2D eigenvalue weighted by molar-refractivity contribution is 7.80. The Bertz CT molecular complexity index is 904. The lowest BCUT2D eigenvalue weighted by atomic mass is 10.0. The molecule has 28 heavy (non-hydrogen) atoms. The van der Waals surface area contributed by atoms with Crippen molar-refractivity contribution in [3.05, 3.63) is 77.1 Å². The second-order valence-electron chi connectivity index (χ2n) is 6.86. The van der Waals surface area contributed by atoms with Crippen LogP contribution in [0, 0.1) is 11.6 Å². The summed E-state index contributed by atoms with van der Waals surface area (Å²) < 4.78 is 33.1. The highest BCUT2D eigenvalue weighted by Gasteiger charge is 2.33. The summed E-state index contributed by atoms with van der Waals surface area (Å²) in [5.41, 5.74) is 2.73. The average molecular weight is 400 g/mol. The molecule has 0 unspecified atom stereocenters. The molecular weight excluding hydrogens is 380 g/mol. The summed E-state index contributed by atoms with van der Waals surface area (Å²) in [6.07, 6.45) is 2.97. The third-order valence-electron chi connectivity index (χ3n) is 4.90. The van der Waals surface area contributed by atoms with E-state index in [2.05, 4.69) is 22.8 Å². The first-order chi connectivity index (χ1) is 13.6. The maximum absolute atomic E-state index is 13.9. The largest absolute Gasteiger partial charge is 0.488 e. The molecule has 2 aromatic carbocycles. The van der Waals surface area contributed by atoms with Crippen molar-refractivity contribution in [2.45, 2.75) is 25.4 Å². The molecule has 7 heteroatoms. The van der Waals surface area contributed by atoms with Crippen LogP contribution < -0.4 is 15.4 Å². The lowest BCUT2D eigenvalue weighted by molar-refractivity contribution is 0.188. The van der Waals surface area contributed by atoms with Crippen molar-refractivity contribution in [1.29, 1.82) is 0 Å². The SMILES string of the molecule is Fc1cc(F)c2c(c1)C[C@@H](N1C(=S)[N]C=C1CCNCc1ccccc1)CO2. The molecule has 1 atom stereocenters. The van der Waals surface area contributed by atoms with Gasteiger partial charge in [0.05, 0.1) is 6.04 Å². The Morgan fingerprint density at radius 2 is 2.04 bits per heavy atom. The minimum absolute atomic E-state index is 0.132. The van der Waals surface area contributed by atoms with Crippen LogP contribution in [0.3, 0.4) is 0 Å². The van der Waals surface area contributed by atoms with E-state index in [-0.39, 0.29) is 18.4 Å². The molecule has 0 aliphatic carbocycles. The smallest absolute Gasteiger partial charge is 0.200 e. The summed E-state index contributed by atoms with van der Waals surface area (Å²) in [5, 5.41) is 8.15. The normalized spacial score (nSPS) is 18.4. The lowest BCUT2D eigenvalue weighted by Crippen LogP contribution is -2.45. The molecule has 0 bridgehead atoms. The van der Waals surface area contributed by atoms with Gasteiger partial charge in [0.15, 0.2) is 16.7 Å². The summed E-state index contributed by atoms with van der Waals surface area (Å²) in [7, 11) is 0. The lowest BCUT2D eigenvalue weighted by Gasteiger charge is -2.34. The zero-order valence-corrected chi connectivity index (χ0v) is 16.0. The van der Waals surface area contributed by atoms with E-state index in [9.17, 15) is 8.78 Å². The van der Waals surface area contributed by atoms with Crippen molar-refractivity contribution in [2.75, 3.05) is 13.2 Å². The highest BCUT2D eigenvalue weighted by Crippen LogP contribution is 2.32. The molecule has 4 nitrogen and oxygen atoms in total. The number of hydrogen-bond acceptors (Lipinski definition) is 3. The molecule has 0 spiro atoms. The van der Waals surface area contributed by atoms with Crippen LogP contribution in [0.4, 0.5) is 8.78 Å². The van der Waals surface area contributed by atoms with Gasteiger partial charge in [-0.05, 0) is 23.8 Å². The fraction of sp³-hybridized carbons (Fsp3) is 0.286. The number of hydrogen-bond donors (Lipinski definition) is 1. The molecule has 2 aromatic rings. The minimum Gasteiger partial charge on any atom is -0.488 e. The maximum Gasteiger partial charge on any atom is 0.200 e. The molecule has 0 saturated carbocycles. The standard InChI is InChI=1S/C21H20F2N3OS/c22-16-8-15-9-18(13-27-20(15)19(23)10-16)26-17(12-25-21(26)28)6-7-24-11-14-4-2-1-3-5-14/h1-5,8,10,12,18,24H,6-7,9,11,13H2/t18-/m1/s1. The molecule has 2 aliphatic heterocycles. The van der Waals surface area contributed by atoms with Gasteiger partial charge < -0.3 is 15.0 Å². The molecule has 0 aromatic heterocycles. The Labute approximate surface area is 168 Å². The predicted molar refractivity (Wildman–Crippen MR) is 107 cm³/mol. The number of halogens is 2. The van der Waals surface area contributed by atoms with Gasteiger partial charge >= 0.3 is 0 Å². The van der Waals surface area contributed by atoms with Crippen LogP contribution in [-0.2, 0) is 13.0 Å². The Kier molecular flexibility index (Phi) is 5.54. The molecular formula is C21H20F2N3OS. The van der Waals surface area contributed by atoms with E-state index >= 15 is 0 Å². The van der Waals surface area contributed by atoms with Crippen molar-refractivity contribution in [3.63, 3.8) is 0 Å². The van der Waals surface area contributed by atoms with Gasteiger partial charge in [-0.15, -0.1) is 0 Å². The molecule has 2 aliphatic rings. The van der Waals surface area contributed by atoms with Gasteiger partial charge in [0, 0.05) is 49.5 Å². The van der Waals surface area contributed by atoms with E-state index < -0.39 is 11.6 Å². The number of rotatable bonds is 6.